The number of hydrogen-bond acceptors (Lipinski definition) is 6. The molecule has 0 spiro atoms. The van der Waals surface area contributed by atoms with Crippen LogP contribution in [0.4, 0.5) is 5.69 Å². The van der Waals surface area contributed by atoms with E-state index < -0.39 is 0 Å². The normalized spacial score (nSPS) is 15.1. The molecule has 0 aliphatic carbocycles. The molecule has 1 atom stereocenters. The summed E-state index contributed by atoms with van der Waals surface area (Å²) in [6.45, 7) is 6.98. The Bertz CT molecular complexity index is 1230. The molecule has 2 heterocycles. The standard InChI is InChI=1S/C26H29N5O3S/c1-4-14-31-24(22-13-8-15-30(22)25(33)21-12-6-5-9-18(21)2)28-29-26(31)35-17-23(32)27-19-10-7-11-20(16-19)34-3/h4-7,9-12,16,22H,1,8,13-15,17H2,2-3H3,(H,27,32). The number of nitrogens with one attached hydrogen (secondary N) is 1. The number of aromatic nitrogens is 3. The highest BCUT2D eigenvalue weighted by Crippen LogP contribution is 2.34. The first kappa shape index (κ1) is 24.5. The van der Waals surface area contributed by atoms with E-state index in [9.17, 15) is 9.59 Å². The Morgan fingerprint density at radius 3 is 2.83 bits per heavy atom. The third kappa shape index (κ3) is 5.57. The second kappa shape index (κ2) is 11.2. The number of likely N-dealkylation sites (tertiary alicyclic amines) is 1. The van der Waals surface area contributed by atoms with E-state index >= 15 is 0 Å². The Morgan fingerprint density at radius 1 is 1.23 bits per heavy atom. The fraction of sp³-hybridized carbons (Fsp3) is 0.308. The van der Waals surface area contributed by atoms with Crippen LogP contribution in [-0.4, -0.2) is 50.9 Å². The maximum atomic E-state index is 13.3. The summed E-state index contributed by atoms with van der Waals surface area (Å²) in [5, 5.41) is 12.3. The lowest BCUT2D eigenvalue weighted by molar-refractivity contribution is -0.113. The molecule has 9 heteroatoms. The number of carbonyl (C=O) groups excluding carboxylic acids is 2. The number of ether oxygens (including phenoxy) is 1. The highest BCUT2D eigenvalue weighted by molar-refractivity contribution is 7.99. The summed E-state index contributed by atoms with van der Waals surface area (Å²) in [6, 6.07) is 14.7. The van der Waals surface area contributed by atoms with Gasteiger partial charge in [-0.15, -0.1) is 16.8 Å². The molecule has 1 N–H and O–H groups in total. The molecular formula is C26H29N5O3S. The zero-order chi connectivity index (χ0) is 24.8. The van der Waals surface area contributed by atoms with Crippen LogP contribution in [0.25, 0.3) is 0 Å². The molecule has 1 aliphatic heterocycles. The number of hydrogen-bond donors (Lipinski definition) is 1. The molecular weight excluding hydrogens is 462 g/mol. The predicted octanol–water partition coefficient (Wildman–Crippen LogP) is 4.49. The number of benzene rings is 2. The number of amides is 2. The van der Waals surface area contributed by atoms with Gasteiger partial charge in [0.05, 0.1) is 18.9 Å². The van der Waals surface area contributed by atoms with Gasteiger partial charge in [-0.05, 0) is 43.5 Å². The van der Waals surface area contributed by atoms with Crippen molar-refractivity contribution >= 4 is 29.3 Å². The Balaban J connectivity index is 1.49. The number of carbonyl (C=O) groups is 2. The van der Waals surface area contributed by atoms with E-state index in [0.29, 0.717) is 35.2 Å². The number of aryl methyl sites for hydroxylation is 1. The van der Waals surface area contributed by atoms with Crippen molar-refractivity contribution in [2.24, 2.45) is 0 Å². The van der Waals surface area contributed by atoms with Crippen molar-refractivity contribution in [3.63, 3.8) is 0 Å². The summed E-state index contributed by atoms with van der Waals surface area (Å²) < 4.78 is 7.15. The summed E-state index contributed by atoms with van der Waals surface area (Å²) in [5.41, 5.74) is 2.33. The first-order chi connectivity index (χ1) is 17.0. The highest BCUT2D eigenvalue weighted by Gasteiger charge is 2.35. The molecule has 0 bridgehead atoms. The van der Waals surface area contributed by atoms with Gasteiger partial charge in [-0.3, -0.25) is 9.59 Å². The minimum absolute atomic E-state index is 0.00521. The van der Waals surface area contributed by atoms with E-state index in [2.05, 4.69) is 22.1 Å². The fourth-order valence-electron chi connectivity index (χ4n) is 4.23. The summed E-state index contributed by atoms with van der Waals surface area (Å²) in [4.78, 5) is 27.8. The average molecular weight is 492 g/mol. The molecule has 182 valence electrons. The molecule has 35 heavy (non-hydrogen) atoms. The van der Waals surface area contributed by atoms with Crippen LogP contribution in [0.2, 0.25) is 0 Å². The maximum Gasteiger partial charge on any atom is 0.254 e. The quantitative estimate of drug-likeness (QED) is 0.350. The van der Waals surface area contributed by atoms with Crippen LogP contribution in [0.5, 0.6) is 5.75 Å². The van der Waals surface area contributed by atoms with Gasteiger partial charge < -0.3 is 19.5 Å². The molecule has 3 aromatic rings. The number of nitrogens with zero attached hydrogens (tertiary/aromatic N) is 4. The zero-order valence-electron chi connectivity index (χ0n) is 19.9. The number of anilines is 1. The second-order valence-electron chi connectivity index (χ2n) is 8.28. The van der Waals surface area contributed by atoms with Gasteiger partial charge in [0.15, 0.2) is 11.0 Å². The minimum atomic E-state index is -0.172. The highest BCUT2D eigenvalue weighted by atomic mass is 32.2. The zero-order valence-corrected chi connectivity index (χ0v) is 20.8. The number of allylic oxidation sites excluding steroid dienone is 1. The summed E-state index contributed by atoms with van der Waals surface area (Å²) >= 11 is 1.31. The van der Waals surface area contributed by atoms with Crippen LogP contribution in [0.1, 0.15) is 40.6 Å². The lowest BCUT2D eigenvalue weighted by atomic mass is 10.1. The Labute approximate surface area is 209 Å². The van der Waals surface area contributed by atoms with Crippen molar-refractivity contribution in [1.29, 1.82) is 0 Å². The smallest absolute Gasteiger partial charge is 0.254 e. The van der Waals surface area contributed by atoms with Gasteiger partial charge >= 0.3 is 0 Å². The first-order valence-electron chi connectivity index (χ1n) is 11.5. The van der Waals surface area contributed by atoms with Crippen LogP contribution in [-0.2, 0) is 11.3 Å². The second-order valence-corrected chi connectivity index (χ2v) is 9.22. The Kier molecular flexibility index (Phi) is 7.87. The van der Waals surface area contributed by atoms with Gasteiger partial charge in [-0.1, -0.05) is 42.1 Å². The van der Waals surface area contributed by atoms with Crippen molar-refractivity contribution in [3.05, 3.63) is 78.1 Å². The average Bonchev–Trinajstić information content (AvgIpc) is 3.50. The molecule has 4 rings (SSSR count). The lowest BCUT2D eigenvalue weighted by Gasteiger charge is -2.25. The largest absolute Gasteiger partial charge is 0.497 e. The number of methoxy groups -OCH3 is 1. The number of thioether (sulfide) groups is 1. The topological polar surface area (TPSA) is 89.3 Å². The predicted molar refractivity (Wildman–Crippen MR) is 137 cm³/mol. The summed E-state index contributed by atoms with van der Waals surface area (Å²) in [5.74, 6) is 1.41. The molecule has 1 fully saturated rings. The van der Waals surface area contributed by atoms with Gasteiger partial charge in [-0.25, -0.2) is 0 Å². The van der Waals surface area contributed by atoms with Crippen LogP contribution in [0, 0.1) is 6.92 Å². The van der Waals surface area contributed by atoms with E-state index in [-0.39, 0.29) is 23.6 Å². The molecule has 2 amide bonds. The monoisotopic (exact) mass is 491 g/mol. The Hall–Kier alpha value is -3.59. The number of rotatable bonds is 9. The first-order valence-corrected chi connectivity index (χ1v) is 12.5. The molecule has 8 nitrogen and oxygen atoms in total. The van der Waals surface area contributed by atoms with Gasteiger partial charge in [-0.2, -0.15) is 0 Å². The maximum absolute atomic E-state index is 13.3. The van der Waals surface area contributed by atoms with Gasteiger partial charge in [0, 0.05) is 30.4 Å². The molecule has 1 aliphatic rings. The van der Waals surface area contributed by atoms with Crippen LogP contribution >= 0.6 is 11.8 Å². The van der Waals surface area contributed by atoms with Crippen molar-refractivity contribution in [3.8, 4) is 5.75 Å². The third-order valence-electron chi connectivity index (χ3n) is 5.93. The molecule has 1 saturated heterocycles. The van der Waals surface area contributed by atoms with E-state index in [4.69, 9.17) is 4.74 Å². The van der Waals surface area contributed by atoms with Crippen molar-refractivity contribution < 1.29 is 14.3 Å². The van der Waals surface area contributed by atoms with Crippen molar-refractivity contribution in [1.82, 2.24) is 19.7 Å². The van der Waals surface area contributed by atoms with E-state index in [1.165, 1.54) is 11.8 Å². The molecule has 1 unspecified atom stereocenters. The van der Waals surface area contributed by atoms with Gasteiger partial charge in [0.1, 0.15) is 5.75 Å². The molecule has 2 aromatic carbocycles. The van der Waals surface area contributed by atoms with Crippen LogP contribution in [0.15, 0.2) is 66.3 Å². The third-order valence-corrected chi connectivity index (χ3v) is 6.90. The van der Waals surface area contributed by atoms with Crippen molar-refractivity contribution in [2.75, 3.05) is 24.7 Å². The fourth-order valence-corrected chi connectivity index (χ4v) is 4.98. The molecule has 1 aromatic heterocycles. The van der Waals surface area contributed by atoms with Crippen LogP contribution in [0.3, 0.4) is 0 Å². The van der Waals surface area contributed by atoms with Gasteiger partial charge in [0.2, 0.25) is 5.91 Å². The van der Waals surface area contributed by atoms with Crippen LogP contribution < -0.4 is 10.1 Å². The minimum Gasteiger partial charge on any atom is -0.497 e. The van der Waals surface area contributed by atoms with Gasteiger partial charge in [0.25, 0.3) is 5.91 Å². The summed E-state index contributed by atoms with van der Waals surface area (Å²) in [6.07, 6.45) is 3.48. The van der Waals surface area contributed by atoms with Crippen molar-refractivity contribution in [2.45, 2.75) is 37.5 Å². The molecule has 0 radical (unpaired) electrons. The molecule has 0 saturated carbocycles. The SMILES string of the molecule is C=CCn1c(SCC(=O)Nc2cccc(OC)c2)nnc1C1CCCN1C(=O)c1ccccc1C. The van der Waals surface area contributed by atoms with E-state index in [0.717, 1.165) is 24.2 Å². The lowest BCUT2D eigenvalue weighted by Crippen LogP contribution is -2.32. The Morgan fingerprint density at radius 2 is 2.06 bits per heavy atom. The van der Waals surface area contributed by atoms with E-state index in [1.807, 2.05) is 58.9 Å². The van der Waals surface area contributed by atoms with E-state index in [1.54, 1.807) is 19.3 Å². The summed E-state index contributed by atoms with van der Waals surface area (Å²) in [7, 11) is 1.58.